The number of hydrogen-bond donors (Lipinski definition) is 3. The molecule has 27 heavy (non-hydrogen) atoms. The highest BCUT2D eigenvalue weighted by molar-refractivity contribution is 5.87. The molecule has 0 heterocycles. The SMILES string of the molecule is C[C@H](NC(=O)[C@H](Cc1ccc(O)cc1)NCC(F)(F)F)C(=O)OC(C)(C)C. The Labute approximate surface area is 156 Å². The van der Waals surface area contributed by atoms with E-state index in [0.29, 0.717) is 5.56 Å². The van der Waals surface area contributed by atoms with Gasteiger partial charge in [-0.05, 0) is 51.8 Å². The minimum Gasteiger partial charge on any atom is -0.508 e. The molecule has 0 saturated heterocycles. The number of rotatable bonds is 7. The lowest BCUT2D eigenvalue weighted by Crippen LogP contribution is -2.52. The highest BCUT2D eigenvalue weighted by Crippen LogP contribution is 2.15. The number of amides is 1. The van der Waals surface area contributed by atoms with Gasteiger partial charge in [0.15, 0.2) is 0 Å². The number of benzene rings is 1. The van der Waals surface area contributed by atoms with E-state index in [9.17, 15) is 27.9 Å². The fourth-order valence-corrected chi connectivity index (χ4v) is 2.13. The number of esters is 1. The van der Waals surface area contributed by atoms with Gasteiger partial charge in [-0.2, -0.15) is 13.2 Å². The van der Waals surface area contributed by atoms with E-state index in [-0.39, 0.29) is 12.2 Å². The van der Waals surface area contributed by atoms with Crippen LogP contribution in [0.4, 0.5) is 13.2 Å². The molecule has 0 spiro atoms. The smallest absolute Gasteiger partial charge is 0.401 e. The maximum absolute atomic E-state index is 12.5. The third-order valence-electron chi connectivity index (χ3n) is 3.36. The molecule has 0 fully saturated rings. The van der Waals surface area contributed by atoms with E-state index in [1.807, 2.05) is 0 Å². The molecular weight excluding hydrogens is 365 g/mol. The molecule has 3 N–H and O–H groups in total. The molecule has 6 nitrogen and oxygen atoms in total. The summed E-state index contributed by atoms with van der Waals surface area (Å²) in [5.41, 5.74) is -0.205. The molecule has 9 heteroatoms. The fourth-order valence-electron chi connectivity index (χ4n) is 2.13. The predicted octanol–water partition coefficient (Wildman–Crippen LogP) is 2.30. The van der Waals surface area contributed by atoms with E-state index in [2.05, 4.69) is 10.6 Å². The fraction of sp³-hybridized carbons (Fsp3) is 0.556. The molecule has 1 aromatic rings. The number of nitrogens with one attached hydrogen (secondary N) is 2. The van der Waals surface area contributed by atoms with E-state index in [4.69, 9.17) is 4.74 Å². The van der Waals surface area contributed by atoms with Gasteiger partial charge in [0.25, 0.3) is 0 Å². The molecule has 152 valence electrons. The van der Waals surface area contributed by atoms with Gasteiger partial charge in [0.05, 0.1) is 12.6 Å². The van der Waals surface area contributed by atoms with Gasteiger partial charge in [-0.1, -0.05) is 12.1 Å². The van der Waals surface area contributed by atoms with Crippen LogP contribution in [0.2, 0.25) is 0 Å². The number of halogens is 3. The summed E-state index contributed by atoms with van der Waals surface area (Å²) in [6.45, 7) is 5.03. The topological polar surface area (TPSA) is 87.7 Å². The standard InChI is InChI=1S/C18H25F3N2O4/c1-11(16(26)27-17(2,3)4)23-15(25)14(22-10-18(19,20)21)9-12-5-7-13(24)8-6-12/h5-8,11,14,22,24H,9-10H2,1-4H3,(H,23,25)/t11-,14-/m0/s1. The number of carbonyl (C=O) groups is 2. The van der Waals surface area contributed by atoms with Gasteiger partial charge in [0, 0.05) is 0 Å². The van der Waals surface area contributed by atoms with Gasteiger partial charge in [0.1, 0.15) is 17.4 Å². The normalized spacial score (nSPS) is 14.3. The monoisotopic (exact) mass is 390 g/mol. The zero-order chi connectivity index (χ0) is 20.8. The van der Waals surface area contributed by atoms with Crippen molar-refractivity contribution in [2.45, 2.75) is 58.0 Å². The minimum absolute atomic E-state index is 0.00144. The maximum Gasteiger partial charge on any atom is 0.401 e. The molecule has 0 aliphatic rings. The predicted molar refractivity (Wildman–Crippen MR) is 93.1 cm³/mol. The molecule has 1 rings (SSSR count). The molecule has 0 unspecified atom stereocenters. The number of phenolic OH excluding ortho intramolecular Hbond substituents is 1. The molecule has 0 aliphatic heterocycles. The molecule has 0 aromatic heterocycles. The largest absolute Gasteiger partial charge is 0.508 e. The van der Waals surface area contributed by atoms with Crippen molar-refractivity contribution in [1.82, 2.24) is 10.6 Å². The Morgan fingerprint density at radius 3 is 2.19 bits per heavy atom. The Balaban J connectivity index is 2.82. The summed E-state index contributed by atoms with van der Waals surface area (Å²) >= 11 is 0. The highest BCUT2D eigenvalue weighted by atomic mass is 19.4. The number of hydrogen-bond acceptors (Lipinski definition) is 5. The zero-order valence-electron chi connectivity index (χ0n) is 15.7. The quantitative estimate of drug-likeness (QED) is 0.622. The van der Waals surface area contributed by atoms with Crippen LogP contribution in [0.25, 0.3) is 0 Å². The second-order valence-electron chi connectivity index (χ2n) is 7.18. The van der Waals surface area contributed by atoms with Crippen molar-refractivity contribution in [1.29, 1.82) is 0 Å². The van der Waals surface area contributed by atoms with Crippen LogP contribution in [0.15, 0.2) is 24.3 Å². The van der Waals surface area contributed by atoms with E-state index < -0.39 is 42.3 Å². The van der Waals surface area contributed by atoms with Crippen LogP contribution in [-0.2, 0) is 20.7 Å². The maximum atomic E-state index is 12.5. The first kappa shape index (κ1) is 22.8. The van der Waals surface area contributed by atoms with Crippen LogP contribution in [0.1, 0.15) is 33.3 Å². The molecule has 1 aromatic carbocycles. The summed E-state index contributed by atoms with van der Waals surface area (Å²) in [7, 11) is 0. The zero-order valence-corrected chi connectivity index (χ0v) is 15.7. The molecule has 0 radical (unpaired) electrons. The van der Waals surface area contributed by atoms with Gasteiger partial charge in [-0.25, -0.2) is 4.79 Å². The van der Waals surface area contributed by atoms with Crippen molar-refractivity contribution in [3.05, 3.63) is 29.8 Å². The van der Waals surface area contributed by atoms with Crippen molar-refractivity contribution in [2.24, 2.45) is 0 Å². The first-order valence-corrected chi connectivity index (χ1v) is 8.38. The summed E-state index contributed by atoms with van der Waals surface area (Å²) in [6, 6.07) is 3.51. The number of aromatic hydroxyl groups is 1. The Hall–Kier alpha value is -2.29. The molecular formula is C18H25F3N2O4. The van der Waals surface area contributed by atoms with Crippen LogP contribution >= 0.6 is 0 Å². The molecule has 0 bridgehead atoms. The van der Waals surface area contributed by atoms with Gasteiger partial charge < -0.3 is 15.2 Å². The van der Waals surface area contributed by atoms with Gasteiger partial charge in [-0.3, -0.25) is 10.1 Å². The van der Waals surface area contributed by atoms with Crippen LogP contribution in [0.3, 0.4) is 0 Å². The number of phenols is 1. The second-order valence-corrected chi connectivity index (χ2v) is 7.18. The van der Waals surface area contributed by atoms with E-state index >= 15 is 0 Å². The van der Waals surface area contributed by atoms with E-state index in [0.717, 1.165) is 0 Å². The van der Waals surface area contributed by atoms with Crippen LogP contribution in [0.5, 0.6) is 5.75 Å². The summed E-state index contributed by atoms with van der Waals surface area (Å²) < 4.78 is 42.8. The Morgan fingerprint density at radius 1 is 1.15 bits per heavy atom. The highest BCUT2D eigenvalue weighted by Gasteiger charge is 2.31. The summed E-state index contributed by atoms with van der Waals surface area (Å²) in [5.74, 6) is -1.44. The van der Waals surface area contributed by atoms with E-state index in [1.165, 1.54) is 31.2 Å². The van der Waals surface area contributed by atoms with Gasteiger partial charge >= 0.3 is 12.1 Å². The van der Waals surface area contributed by atoms with Crippen LogP contribution in [0, 0.1) is 0 Å². The van der Waals surface area contributed by atoms with Crippen molar-refractivity contribution < 1.29 is 32.6 Å². The number of carbonyl (C=O) groups excluding carboxylic acids is 2. The van der Waals surface area contributed by atoms with Crippen LogP contribution in [-0.4, -0.2) is 47.4 Å². The average Bonchev–Trinajstić information content (AvgIpc) is 2.50. The minimum atomic E-state index is -4.50. The molecule has 0 aliphatic carbocycles. The third-order valence-corrected chi connectivity index (χ3v) is 3.36. The average molecular weight is 390 g/mol. The van der Waals surface area contributed by atoms with Crippen molar-refractivity contribution >= 4 is 11.9 Å². The first-order valence-electron chi connectivity index (χ1n) is 8.38. The lowest BCUT2D eigenvalue weighted by atomic mass is 10.0. The Kier molecular flexibility index (Phi) is 7.65. The van der Waals surface area contributed by atoms with Crippen LogP contribution < -0.4 is 10.6 Å². The Morgan fingerprint density at radius 2 is 1.70 bits per heavy atom. The molecule has 1 amide bonds. The lowest BCUT2D eigenvalue weighted by molar-refractivity contribution is -0.158. The van der Waals surface area contributed by atoms with Crippen molar-refractivity contribution in [3.63, 3.8) is 0 Å². The lowest BCUT2D eigenvalue weighted by Gasteiger charge is -2.25. The summed E-state index contributed by atoms with van der Waals surface area (Å²) in [6.07, 6.45) is -4.55. The first-order chi connectivity index (χ1) is 12.3. The molecule has 0 saturated carbocycles. The van der Waals surface area contributed by atoms with Crippen molar-refractivity contribution in [2.75, 3.05) is 6.54 Å². The number of ether oxygens (including phenoxy) is 1. The molecule has 2 atom stereocenters. The van der Waals surface area contributed by atoms with Crippen molar-refractivity contribution in [3.8, 4) is 5.75 Å². The third kappa shape index (κ3) is 9.28. The summed E-state index contributed by atoms with van der Waals surface area (Å²) in [4.78, 5) is 24.4. The van der Waals surface area contributed by atoms with Gasteiger partial charge in [0.2, 0.25) is 5.91 Å². The Bertz CT molecular complexity index is 639. The van der Waals surface area contributed by atoms with E-state index in [1.54, 1.807) is 20.8 Å². The number of alkyl halides is 3. The summed E-state index contributed by atoms with van der Waals surface area (Å²) in [5, 5.41) is 13.8. The second kappa shape index (κ2) is 9.07. The van der Waals surface area contributed by atoms with Gasteiger partial charge in [-0.15, -0.1) is 0 Å².